The highest BCUT2D eigenvalue weighted by Gasteiger charge is 2.36. The van der Waals surface area contributed by atoms with Gasteiger partial charge in [0.05, 0.1) is 22.5 Å². The first-order chi connectivity index (χ1) is 22.6. The Morgan fingerprint density at radius 2 is 1.10 bits per heavy atom. The lowest BCUT2D eigenvalue weighted by Crippen LogP contribution is -2.29. The number of sulfonamides is 2. The summed E-state index contributed by atoms with van der Waals surface area (Å²) in [4.78, 5) is 22.7. The fourth-order valence-electron chi connectivity index (χ4n) is 4.57. The Labute approximate surface area is 283 Å². The van der Waals surface area contributed by atoms with E-state index in [2.05, 4.69) is 0 Å². The molecule has 0 radical (unpaired) electrons. The Hall–Kier alpha value is -4.48. The minimum Gasteiger partial charge on any atom is -0.506 e. The van der Waals surface area contributed by atoms with Gasteiger partial charge in [-0.05, 0) is 47.5 Å². The zero-order chi connectivity index (χ0) is 36.5. The van der Waals surface area contributed by atoms with Gasteiger partial charge >= 0.3 is 20.4 Å². The molecule has 0 spiro atoms. The van der Waals surface area contributed by atoms with Gasteiger partial charge in [0.15, 0.2) is 0 Å². The van der Waals surface area contributed by atoms with E-state index in [9.17, 15) is 53.5 Å². The average Bonchev–Trinajstić information content (AvgIpc) is 3.43. The van der Waals surface area contributed by atoms with Gasteiger partial charge in [0, 0.05) is 27.2 Å². The molecule has 0 atom stereocenters. The molecule has 0 unspecified atom stereocenters. The van der Waals surface area contributed by atoms with E-state index < -0.39 is 65.4 Å². The number of amides is 2. The van der Waals surface area contributed by atoms with E-state index in [0.717, 1.165) is 23.5 Å². The van der Waals surface area contributed by atoms with Crippen molar-refractivity contribution >= 4 is 63.7 Å². The SMILES string of the molecule is CN(Cc1ccc(N2CC(=O)NS2(=O)=O)c(O)c1)S(=O)(=O)c1ccccc1.CN(Cc1ccc(N2CC(=O)NS2(=O)=O)c(O)c1)S(C)(=O)=O. The third kappa shape index (κ3) is 8.58. The summed E-state index contributed by atoms with van der Waals surface area (Å²) in [5.74, 6) is -2.13. The molecule has 2 heterocycles. The highest BCUT2D eigenvalue weighted by Crippen LogP contribution is 2.33. The number of nitrogens with zero attached hydrogens (tertiary/aromatic N) is 4. The second kappa shape index (κ2) is 13.8. The topological polar surface area (TPSA) is 248 Å². The van der Waals surface area contributed by atoms with Crippen LogP contribution in [0.15, 0.2) is 71.6 Å². The van der Waals surface area contributed by atoms with E-state index in [1.54, 1.807) is 22.9 Å². The molecular weight excluding hydrogens is 729 g/mol. The van der Waals surface area contributed by atoms with E-state index in [4.69, 9.17) is 0 Å². The third-order valence-electron chi connectivity index (χ3n) is 7.09. The van der Waals surface area contributed by atoms with Gasteiger partial charge in [-0.25, -0.2) is 39.2 Å². The van der Waals surface area contributed by atoms with Crippen molar-refractivity contribution in [3.63, 3.8) is 0 Å². The van der Waals surface area contributed by atoms with E-state index in [1.807, 2.05) is 4.72 Å². The Balaban J connectivity index is 0.000000226. The molecule has 22 heteroatoms. The molecular formula is C27H32N6O12S4. The van der Waals surface area contributed by atoms with Gasteiger partial charge in [-0.15, -0.1) is 0 Å². The van der Waals surface area contributed by atoms with Crippen molar-refractivity contribution in [3.05, 3.63) is 77.9 Å². The minimum atomic E-state index is -4.04. The number of nitrogens with one attached hydrogen (secondary N) is 2. The zero-order valence-electron chi connectivity index (χ0n) is 26.1. The van der Waals surface area contributed by atoms with E-state index in [0.29, 0.717) is 11.1 Å². The first-order valence-electron chi connectivity index (χ1n) is 13.8. The monoisotopic (exact) mass is 760 g/mol. The molecule has 3 aromatic carbocycles. The lowest BCUT2D eigenvalue weighted by molar-refractivity contribution is -0.118. The molecule has 2 fully saturated rings. The van der Waals surface area contributed by atoms with Crippen LogP contribution in [0.25, 0.3) is 0 Å². The van der Waals surface area contributed by atoms with Crippen molar-refractivity contribution in [2.75, 3.05) is 42.1 Å². The fraction of sp³-hybridized carbons (Fsp3) is 0.259. The maximum Gasteiger partial charge on any atom is 0.326 e. The Morgan fingerprint density at radius 1 is 0.694 bits per heavy atom. The Kier molecular flexibility index (Phi) is 10.5. The number of carbonyl (C=O) groups is 2. The molecule has 2 aliphatic heterocycles. The van der Waals surface area contributed by atoms with Crippen LogP contribution in [-0.4, -0.2) is 97.7 Å². The molecule has 4 N–H and O–H groups in total. The van der Waals surface area contributed by atoms with Crippen LogP contribution in [0.1, 0.15) is 11.1 Å². The van der Waals surface area contributed by atoms with Crippen LogP contribution in [0.2, 0.25) is 0 Å². The number of carbonyl (C=O) groups excluding carboxylic acids is 2. The predicted octanol–water partition coefficient (Wildman–Crippen LogP) is -0.641. The molecule has 3 aromatic rings. The van der Waals surface area contributed by atoms with E-state index in [-0.39, 0.29) is 40.9 Å². The smallest absolute Gasteiger partial charge is 0.326 e. The van der Waals surface area contributed by atoms with E-state index >= 15 is 0 Å². The first-order valence-corrected chi connectivity index (χ1v) is 20.0. The quantitative estimate of drug-likeness (QED) is 0.213. The molecule has 2 saturated heterocycles. The lowest BCUT2D eigenvalue weighted by atomic mass is 10.2. The van der Waals surface area contributed by atoms with Crippen molar-refractivity contribution in [1.29, 1.82) is 0 Å². The van der Waals surface area contributed by atoms with Crippen molar-refractivity contribution in [1.82, 2.24) is 18.1 Å². The summed E-state index contributed by atoms with van der Waals surface area (Å²) in [5.41, 5.74) is 0.814. The van der Waals surface area contributed by atoms with Gasteiger partial charge < -0.3 is 10.2 Å². The van der Waals surface area contributed by atoms with Crippen LogP contribution in [0.4, 0.5) is 11.4 Å². The summed E-state index contributed by atoms with van der Waals surface area (Å²) in [6, 6.07) is 16.1. The summed E-state index contributed by atoms with van der Waals surface area (Å²) >= 11 is 0. The number of rotatable bonds is 9. The van der Waals surface area contributed by atoms with Crippen LogP contribution in [0, 0.1) is 0 Å². The highest BCUT2D eigenvalue weighted by molar-refractivity contribution is 7.92. The maximum absolute atomic E-state index is 12.5. The fourth-order valence-corrected chi connectivity index (χ4v) is 8.46. The molecule has 0 bridgehead atoms. The van der Waals surface area contributed by atoms with Gasteiger partial charge in [-0.1, -0.05) is 30.3 Å². The van der Waals surface area contributed by atoms with Gasteiger partial charge in [0.25, 0.3) is 11.8 Å². The number of aromatic hydroxyl groups is 2. The number of benzene rings is 3. The number of hydrogen-bond donors (Lipinski definition) is 4. The van der Waals surface area contributed by atoms with E-state index in [1.165, 1.54) is 62.6 Å². The number of phenolic OH excluding ortho intramolecular Hbond substituents is 2. The van der Waals surface area contributed by atoms with Crippen molar-refractivity contribution in [3.8, 4) is 11.5 Å². The summed E-state index contributed by atoms with van der Waals surface area (Å²) in [7, 11) is -12.3. The summed E-state index contributed by atoms with van der Waals surface area (Å²) in [6.45, 7) is -0.860. The molecule has 0 saturated carbocycles. The average molecular weight is 761 g/mol. The molecule has 0 aromatic heterocycles. The molecule has 2 aliphatic rings. The second-order valence-corrected chi connectivity index (χ2v) is 18.1. The van der Waals surface area contributed by atoms with Crippen molar-refractivity contribution in [2.45, 2.75) is 18.0 Å². The standard InChI is InChI=1S/C16H17N3O6S2.C11H15N3O6S2/c1-18(26(22,23)13-5-3-2-4-6-13)10-12-7-8-14(15(20)9-12)19-11-16(21)17-27(19,24)25;1-13(21(2,17)18)6-8-3-4-9(10(15)5-8)14-7-11(16)12-22(14,19)20/h2-9,20H,10-11H2,1H3,(H,17,21);3-5,15H,6-7H2,1-2H3,(H,12,16). The number of phenols is 2. The van der Waals surface area contributed by atoms with Crippen LogP contribution in [-0.2, 0) is 63.1 Å². The number of anilines is 2. The summed E-state index contributed by atoms with van der Waals surface area (Å²) < 4.78 is 102. The largest absolute Gasteiger partial charge is 0.506 e. The van der Waals surface area contributed by atoms with Gasteiger partial charge in [0.1, 0.15) is 24.6 Å². The normalized spacial score (nSPS) is 17.1. The van der Waals surface area contributed by atoms with Crippen molar-refractivity contribution in [2.24, 2.45) is 0 Å². The van der Waals surface area contributed by atoms with Crippen LogP contribution >= 0.6 is 0 Å². The van der Waals surface area contributed by atoms with Gasteiger partial charge in [0.2, 0.25) is 20.0 Å². The molecule has 0 aliphatic carbocycles. The highest BCUT2D eigenvalue weighted by atomic mass is 32.2. The van der Waals surface area contributed by atoms with Crippen LogP contribution in [0.3, 0.4) is 0 Å². The summed E-state index contributed by atoms with van der Waals surface area (Å²) in [6.07, 6.45) is 1.05. The minimum absolute atomic E-state index is 0.0244. The molecule has 18 nitrogen and oxygen atoms in total. The van der Waals surface area contributed by atoms with Crippen molar-refractivity contribution < 1.29 is 53.5 Å². The summed E-state index contributed by atoms with van der Waals surface area (Å²) in [5, 5.41) is 20.2. The Bertz CT molecular complexity index is 2220. The molecule has 5 rings (SSSR count). The zero-order valence-corrected chi connectivity index (χ0v) is 29.3. The third-order valence-corrected chi connectivity index (χ3v) is 12.9. The molecule has 49 heavy (non-hydrogen) atoms. The van der Waals surface area contributed by atoms with Crippen LogP contribution in [0.5, 0.6) is 11.5 Å². The molecule has 2 amide bonds. The molecule has 266 valence electrons. The first kappa shape index (κ1) is 37.3. The van der Waals surface area contributed by atoms with Gasteiger partial charge in [-0.2, -0.15) is 21.1 Å². The van der Waals surface area contributed by atoms with Crippen LogP contribution < -0.4 is 18.1 Å². The maximum atomic E-state index is 12.5. The lowest BCUT2D eigenvalue weighted by Gasteiger charge is -2.19. The predicted molar refractivity (Wildman–Crippen MR) is 176 cm³/mol. The van der Waals surface area contributed by atoms with Gasteiger partial charge in [-0.3, -0.25) is 9.59 Å². The Morgan fingerprint density at radius 3 is 1.45 bits per heavy atom. The number of hydrogen-bond acceptors (Lipinski definition) is 12. The second-order valence-electron chi connectivity index (χ2n) is 10.8.